The average Bonchev–Trinajstić information content (AvgIpc) is 2.38. The van der Waals surface area contributed by atoms with Gasteiger partial charge in [0.25, 0.3) is 0 Å². The fourth-order valence-corrected chi connectivity index (χ4v) is 1.04. The maximum atomic E-state index is 11.0. The topological polar surface area (TPSA) is 90.9 Å². The van der Waals surface area contributed by atoms with Gasteiger partial charge in [0.2, 0.25) is 0 Å². The highest BCUT2D eigenvalue weighted by Gasteiger charge is 2.12. The highest BCUT2D eigenvalue weighted by Crippen LogP contribution is 2.02. The molecule has 0 saturated heterocycles. The molecule has 0 spiro atoms. The zero-order chi connectivity index (χ0) is 9.14. The fourth-order valence-electron chi connectivity index (χ4n) is 1.04. The minimum Gasteiger partial charge on any atom is -0.394 e. The third-order valence-electron chi connectivity index (χ3n) is 1.76. The van der Waals surface area contributed by atoms with Crippen LogP contribution in [-0.4, -0.2) is 26.5 Å². The zero-order valence-corrected chi connectivity index (χ0v) is 6.70. The molecular formula is C6H11N3O3. The quantitative estimate of drug-likeness (QED) is 0.536. The molecule has 0 aliphatic heterocycles. The Hall–Kier alpha value is -1.30. The second-order valence-corrected chi connectivity index (χ2v) is 2.47. The number of H-pyrrole nitrogens is 2. The molecule has 0 bridgehead atoms. The van der Waals surface area contributed by atoms with Crippen molar-refractivity contribution in [3.05, 3.63) is 21.0 Å². The van der Waals surface area contributed by atoms with Gasteiger partial charge in [-0.05, 0) is 6.42 Å². The van der Waals surface area contributed by atoms with Gasteiger partial charge >= 0.3 is 11.4 Å². The molecule has 0 aromatic carbocycles. The van der Waals surface area contributed by atoms with Gasteiger partial charge in [0, 0.05) is 0 Å². The van der Waals surface area contributed by atoms with E-state index in [1.54, 1.807) is 6.92 Å². The molecule has 1 aromatic heterocycles. The molecule has 1 aromatic rings. The summed E-state index contributed by atoms with van der Waals surface area (Å²) in [6.07, 6.45) is 0.539. The minimum absolute atomic E-state index is 0.211. The monoisotopic (exact) mass is 173 g/mol. The van der Waals surface area contributed by atoms with E-state index in [0.29, 0.717) is 6.42 Å². The van der Waals surface area contributed by atoms with Gasteiger partial charge in [-0.25, -0.2) is 24.4 Å². The third kappa shape index (κ3) is 1.33. The molecule has 1 atom stereocenters. The van der Waals surface area contributed by atoms with Crippen LogP contribution in [0.2, 0.25) is 0 Å². The summed E-state index contributed by atoms with van der Waals surface area (Å²) in [5, 5.41) is 13.1. The highest BCUT2D eigenvalue weighted by atomic mass is 16.3. The van der Waals surface area contributed by atoms with Crippen LogP contribution in [0.5, 0.6) is 0 Å². The molecule has 0 unspecified atom stereocenters. The Morgan fingerprint density at radius 3 is 2.25 bits per heavy atom. The molecule has 0 saturated carbocycles. The van der Waals surface area contributed by atoms with Crippen molar-refractivity contribution in [2.45, 2.75) is 19.4 Å². The Labute approximate surface area is 67.8 Å². The smallest absolute Gasteiger partial charge is 0.344 e. The largest absolute Gasteiger partial charge is 0.394 e. The van der Waals surface area contributed by atoms with E-state index in [1.807, 2.05) is 0 Å². The van der Waals surface area contributed by atoms with Gasteiger partial charge < -0.3 is 5.11 Å². The summed E-state index contributed by atoms with van der Waals surface area (Å²) in [6, 6.07) is -0.438. The molecular weight excluding hydrogens is 162 g/mol. The lowest BCUT2D eigenvalue weighted by molar-refractivity contribution is 0.219. The lowest BCUT2D eigenvalue weighted by Gasteiger charge is -2.09. The van der Waals surface area contributed by atoms with Crippen molar-refractivity contribution in [1.82, 2.24) is 14.8 Å². The summed E-state index contributed by atoms with van der Waals surface area (Å²) in [5.41, 5.74) is -1.03. The molecule has 12 heavy (non-hydrogen) atoms. The van der Waals surface area contributed by atoms with Crippen LogP contribution in [0.25, 0.3) is 0 Å². The van der Waals surface area contributed by atoms with Gasteiger partial charge in [-0.15, -0.1) is 0 Å². The molecule has 1 rings (SSSR count). The van der Waals surface area contributed by atoms with Crippen LogP contribution in [0.4, 0.5) is 0 Å². The van der Waals surface area contributed by atoms with Crippen molar-refractivity contribution < 1.29 is 5.11 Å². The van der Waals surface area contributed by atoms with Gasteiger partial charge in [0.05, 0.1) is 12.6 Å². The van der Waals surface area contributed by atoms with E-state index in [4.69, 9.17) is 5.11 Å². The van der Waals surface area contributed by atoms with E-state index in [-0.39, 0.29) is 6.61 Å². The molecule has 6 nitrogen and oxygen atoms in total. The number of hydrogen-bond acceptors (Lipinski definition) is 3. The van der Waals surface area contributed by atoms with Gasteiger partial charge in [-0.2, -0.15) is 0 Å². The maximum absolute atomic E-state index is 11.0. The number of hydrogen-bond donors (Lipinski definition) is 3. The SMILES string of the molecule is CC[C@@H](CO)n1c(=O)[nH][nH]c1=O. The highest BCUT2D eigenvalue weighted by molar-refractivity contribution is 4.73. The van der Waals surface area contributed by atoms with Gasteiger partial charge in [-0.3, -0.25) is 0 Å². The average molecular weight is 173 g/mol. The summed E-state index contributed by atoms with van der Waals surface area (Å²) in [4.78, 5) is 21.9. The fraction of sp³-hybridized carbons (Fsp3) is 0.667. The van der Waals surface area contributed by atoms with Crippen LogP contribution in [0.15, 0.2) is 9.59 Å². The molecule has 68 valence electrons. The van der Waals surface area contributed by atoms with E-state index < -0.39 is 17.4 Å². The Balaban J connectivity index is 3.16. The lowest BCUT2D eigenvalue weighted by atomic mass is 10.2. The second kappa shape index (κ2) is 3.40. The summed E-state index contributed by atoms with van der Waals surface area (Å²) >= 11 is 0. The zero-order valence-electron chi connectivity index (χ0n) is 6.70. The summed E-state index contributed by atoms with van der Waals surface area (Å²) in [7, 11) is 0. The van der Waals surface area contributed by atoms with Gasteiger partial charge in [-0.1, -0.05) is 6.92 Å². The summed E-state index contributed by atoms with van der Waals surface area (Å²) < 4.78 is 0.972. The number of nitrogens with one attached hydrogen (secondary N) is 2. The number of nitrogens with zero attached hydrogens (tertiary/aromatic N) is 1. The third-order valence-corrected chi connectivity index (χ3v) is 1.76. The molecule has 0 aliphatic carbocycles. The van der Waals surface area contributed by atoms with Crippen molar-refractivity contribution in [3.63, 3.8) is 0 Å². The van der Waals surface area contributed by atoms with Crippen LogP contribution in [0, 0.1) is 0 Å². The van der Waals surface area contributed by atoms with E-state index in [9.17, 15) is 9.59 Å². The van der Waals surface area contributed by atoms with Crippen molar-refractivity contribution in [2.75, 3.05) is 6.61 Å². The molecule has 0 fully saturated rings. The normalized spacial score (nSPS) is 13.2. The minimum atomic E-state index is -0.513. The number of aliphatic hydroxyl groups excluding tert-OH is 1. The van der Waals surface area contributed by atoms with Crippen LogP contribution in [-0.2, 0) is 0 Å². The first-order chi connectivity index (χ1) is 5.70. The summed E-state index contributed by atoms with van der Waals surface area (Å²) in [5.74, 6) is 0. The van der Waals surface area contributed by atoms with Crippen molar-refractivity contribution >= 4 is 0 Å². The number of aromatic amines is 2. The van der Waals surface area contributed by atoms with E-state index >= 15 is 0 Å². The van der Waals surface area contributed by atoms with Crippen LogP contribution in [0.3, 0.4) is 0 Å². The predicted molar refractivity (Wildman–Crippen MR) is 42.1 cm³/mol. The Morgan fingerprint density at radius 1 is 1.42 bits per heavy atom. The predicted octanol–water partition coefficient (Wildman–Crippen LogP) is -1.19. The summed E-state index contributed by atoms with van der Waals surface area (Å²) in [6.45, 7) is 1.58. The van der Waals surface area contributed by atoms with E-state index in [1.165, 1.54) is 0 Å². The molecule has 1 heterocycles. The van der Waals surface area contributed by atoms with Gasteiger partial charge in [0.15, 0.2) is 0 Å². The molecule has 6 heteroatoms. The standard InChI is InChI=1S/C6H11N3O3/c1-2-4(3-10)9-5(11)7-8-6(9)12/h4,10H,2-3H2,1H3,(H,7,11)(H,8,12)/t4-/m0/s1. The van der Waals surface area contributed by atoms with Crippen LogP contribution >= 0.6 is 0 Å². The maximum Gasteiger partial charge on any atom is 0.344 e. The van der Waals surface area contributed by atoms with Gasteiger partial charge in [0.1, 0.15) is 0 Å². The molecule has 0 radical (unpaired) electrons. The van der Waals surface area contributed by atoms with Crippen molar-refractivity contribution in [2.24, 2.45) is 0 Å². The Morgan fingerprint density at radius 2 is 1.92 bits per heavy atom. The van der Waals surface area contributed by atoms with E-state index in [2.05, 4.69) is 10.2 Å². The number of aromatic nitrogens is 3. The van der Waals surface area contributed by atoms with Crippen molar-refractivity contribution in [3.8, 4) is 0 Å². The molecule has 0 amide bonds. The first-order valence-corrected chi connectivity index (χ1v) is 3.70. The number of rotatable bonds is 3. The Bertz CT molecular complexity index is 316. The molecule has 3 N–H and O–H groups in total. The molecule has 0 aliphatic rings. The second-order valence-electron chi connectivity index (χ2n) is 2.47. The Kier molecular flexibility index (Phi) is 2.49. The van der Waals surface area contributed by atoms with Crippen LogP contribution in [0.1, 0.15) is 19.4 Å². The first kappa shape index (κ1) is 8.79. The van der Waals surface area contributed by atoms with E-state index in [0.717, 1.165) is 4.57 Å². The van der Waals surface area contributed by atoms with Crippen LogP contribution < -0.4 is 11.4 Å². The number of aliphatic hydroxyl groups is 1. The first-order valence-electron chi connectivity index (χ1n) is 3.70. The van der Waals surface area contributed by atoms with Crippen molar-refractivity contribution in [1.29, 1.82) is 0 Å². The lowest BCUT2D eigenvalue weighted by Crippen LogP contribution is -2.32.